The van der Waals surface area contributed by atoms with Crippen LogP contribution in [0.1, 0.15) is 11.1 Å². The summed E-state index contributed by atoms with van der Waals surface area (Å²) in [4.78, 5) is 0. The Bertz CT molecular complexity index is 299. The number of terminal acetylenes is 1. The van der Waals surface area contributed by atoms with E-state index in [0.29, 0.717) is 6.54 Å². The lowest BCUT2D eigenvalue weighted by Crippen LogP contribution is -1.97. The van der Waals surface area contributed by atoms with E-state index in [-0.39, 0.29) is 11.4 Å². The molecular weight excluding hydrogens is 141 g/mol. The zero-order chi connectivity index (χ0) is 8.27. The lowest BCUT2D eigenvalue weighted by molar-refractivity contribution is 0.623. The van der Waals surface area contributed by atoms with Crippen LogP contribution >= 0.6 is 0 Å². The van der Waals surface area contributed by atoms with E-state index in [1.54, 1.807) is 12.1 Å². The fourth-order valence-corrected chi connectivity index (χ4v) is 0.810. The molecule has 0 aliphatic carbocycles. The first-order chi connectivity index (χ1) is 5.27. The Balaban J connectivity index is 3.15. The Hall–Kier alpha value is -1.33. The van der Waals surface area contributed by atoms with Gasteiger partial charge in [-0.05, 0) is 17.7 Å². The van der Waals surface area contributed by atoms with Crippen molar-refractivity contribution >= 4 is 0 Å². The van der Waals surface area contributed by atoms with E-state index < -0.39 is 0 Å². The van der Waals surface area contributed by atoms with Crippen molar-refractivity contribution in [3.63, 3.8) is 0 Å². The van der Waals surface area contributed by atoms with Gasteiger partial charge in [-0.1, -0.05) is 12.0 Å². The Morgan fingerprint density at radius 3 is 2.82 bits per heavy atom. The quantitative estimate of drug-likeness (QED) is 0.598. The molecule has 1 nitrogen and oxygen atoms in total. The van der Waals surface area contributed by atoms with Gasteiger partial charge >= 0.3 is 0 Å². The predicted molar refractivity (Wildman–Crippen MR) is 42.2 cm³/mol. The maximum Gasteiger partial charge on any atom is 0.138 e. The molecule has 0 radical (unpaired) electrons. The normalized spacial score (nSPS) is 9.18. The van der Waals surface area contributed by atoms with E-state index in [9.17, 15) is 4.39 Å². The maximum atomic E-state index is 12.7. The number of benzene rings is 1. The molecule has 0 atom stereocenters. The fraction of sp³-hybridized carbons (Fsp3) is 0.111. The third-order valence-corrected chi connectivity index (χ3v) is 1.42. The number of halogens is 1. The molecule has 56 valence electrons. The third-order valence-electron chi connectivity index (χ3n) is 1.42. The van der Waals surface area contributed by atoms with Crippen molar-refractivity contribution in [2.75, 3.05) is 0 Å². The highest BCUT2D eigenvalue weighted by Crippen LogP contribution is 2.08. The van der Waals surface area contributed by atoms with E-state index in [4.69, 9.17) is 12.2 Å². The SMILES string of the molecule is C#Cc1cc(CN)ccc1F. The number of nitrogens with two attached hydrogens (primary N) is 1. The van der Waals surface area contributed by atoms with E-state index in [0.717, 1.165) is 5.56 Å². The van der Waals surface area contributed by atoms with Crippen LogP contribution in [-0.4, -0.2) is 0 Å². The molecule has 0 heterocycles. The van der Waals surface area contributed by atoms with E-state index in [1.807, 2.05) is 0 Å². The van der Waals surface area contributed by atoms with Crippen LogP contribution in [-0.2, 0) is 6.54 Å². The number of hydrogen-bond acceptors (Lipinski definition) is 1. The third kappa shape index (κ3) is 1.57. The Kier molecular flexibility index (Phi) is 2.25. The van der Waals surface area contributed by atoms with Gasteiger partial charge in [-0.25, -0.2) is 4.39 Å². The van der Waals surface area contributed by atoms with Gasteiger partial charge in [-0.2, -0.15) is 0 Å². The summed E-state index contributed by atoms with van der Waals surface area (Å²) in [7, 11) is 0. The summed E-state index contributed by atoms with van der Waals surface area (Å²) in [5.41, 5.74) is 6.45. The monoisotopic (exact) mass is 149 g/mol. The average Bonchev–Trinajstić information content (AvgIpc) is 2.05. The molecule has 0 bridgehead atoms. The molecule has 0 spiro atoms. The molecule has 2 heteroatoms. The van der Waals surface area contributed by atoms with Crippen LogP contribution in [0.25, 0.3) is 0 Å². The molecule has 0 fully saturated rings. The number of hydrogen-bond donors (Lipinski definition) is 1. The molecule has 0 saturated heterocycles. The zero-order valence-electron chi connectivity index (χ0n) is 5.97. The lowest BCUT2D eigenvalue weighted by Gasteiger charge is -1.97. The van der Waals surface area contributed by atoms with Crippen LogP contribution in [0.3, 0.4) is 0 Å². The predicted octanol–water partition coefficient (Wildman–Crippen LogP) is 1.27. The van der Waals surface area contributed by atoms with Crippen molar-refractivity contribution < 1.29 is 4.39 Å². The lowest BCUT2D eigenvalue weighted by atomic mass is 10.1. The second-order valence-corrected chi connectivity index (χ2v) is 2.16. The molecule has 0 aliphatic heterocycles. The highest BCUT2D eigenvalue weighted by molar-refractivity contribution is 5.36. The molecule has 1 aromatic rings. The first-order valence-corrected chi connectivity index (χ1v) is 3.23. The zero-order valence-corrected chi connectivity index (χ0v) is 5.97. The first-order valence-electron chi connectivity index (χ1n) is 3.23. The van der Waals surface area contributed by atoms with Gasteiger partial charge in [0.15, 0.2) is 0 Å². The molecule has 11 heavy (non-hydrogen) atoms. The highest BCUT2D eigenvalue weighted by atomic mass is 19.1. The van der Waals surface area contributed by atoms with Crippen LogP contribution in [0.5, 0.6) is 0 Å². The molecule has 1 rings (SSSR count). The smallest absolute Gasteiger partial charge is 0.138 e. The minimum atomic E-state index is -0.371. The van der Waals surface area contributed by atoms with E-state index in [1.165, 1.54) is 6.07 Å². The second-order valence-electron chi connectivity index (χ2n) is 2.16. The second kappa shape index (κ2) is 3.18. The van der Waals surface area contributed by atoms with Gasteiger partial charge in [0.25, 0.3) is 0 Å². The van der Waals surface area contributed by atoms with Crippen molar-refractivity contribution in [3.05, 3.63) is 35.1 Å². The van der Waals surface area contributed by atoms with Crippen LogP contribution in [0.2, 0.25) is 0 Å². The molecule has 2 N–H and O–H groups in total. The van der Waals surface area contributed by atoms with Crippen molar-refractivity contribution in [3.8, 4) is 12.3 Å². The Morgan fingerprint density at radius 1 is 1.55 bits per heavy atom. The first kappa shape index (κ1) is 7.77. The van der Waals surface area contributed by atoms with Gasteiger partial charge < -0.3 is 5.73 Å². The fourth-order valence-electron chi connectivity index (χ4n) is 0.810. The standard InChI is InChI=1S/C9H8FN/c1-2-8-5-7(6-11)3-4-9(8)10/h1,3-5H,6,11H2. The summed E-state index contributed by atoms with van der Waals surface area (Å²) in [6, 6.07) is 4.53. The largest absolute Gasteiger partial charge is 0.326 e. The molecular formula is C9H8FN. The summed E-state index contributed by atoms with van der Waals surface area (Å²) in [5, 5.41) is 0. The van der Waals surface area contributed by atoms with Gasteiger partial charge in [0, 0.05) is 6.54 Å². The summed E-state index contributed by atoms with van der Waals surface area (Å²) in [5.74, 6) is 1.87. The minimum Gasteiger partial charge on any atom is -0.326 e. The van der Waals surface area contributed by atoms with Gasteiger partial charge in [-0.15, -0.1) is 6.42 Å². The van der Waals surface area contributed by atoms with Crippen LogP contribution in [0.4, 0.5) is 4.39 Å². The summed E-state index contributed by atoms with van der Waals surface area (Å²) in [6.07, 6.45) is 5.04. The van der Waals surface area contributed by atoms with E-state index >= 15 is 0 Å². The van der Waals surface area contributed by atoms with Gasteiger partial charge in [-0.3, -0.25) is 0 Å². The minimum absolute atomic E-state index is 0.271. The summed E-state index contributed by atoms with van der Waals surface area (Å²) >= 11 is 0. The van der Waals surface area contributed by atoms with Crippen molar-refractivity contribution in [1.82, 2.24) is 0 Å². The highest BCUT2D eigenvalue weighted by Gasteiger charge is 1.98. The maximum absolute atomic E-state index is 12.7. The average molecular weight is 149 g/mol. The molecule has 0 amide bonds. The summed E-state index contributed by atoms with van der Waals surface area (Å²) in [6.45, 7) is 0.384. The van der Waals surface area contributed by atoms with Gasteiger partial charge in [0.05, 0.1) is 5.56 Å². The molecule has 0 aliphatic rings. The number of rotatable bonds is 1. The molecule has 0 saturated carbocycles. The molecule has 0 unspecified atom stereocenters. The van der Waals surface area contributed by atoms with Crippen LogP contribution in [0, 0.1) is 18.2 Å². The Labute approximate surface area is 65.0 Å². The summed E-state index contributed by atoms with van der Waals surface area (Å²) < 4.78 is 12.7. The van der Waals surface area contributed by atoms with E-state index in [2.05, 4.69) is 5.92 Å². The van der Waals surface area contributed by atoms with Crippen molar-refractivity contribution in [2.24, 2.45) is 5.73 Å². The van der Waals surface area contributed by atoms with Crippen LogP contribution in [0.15, 0.2) is 18.2 Å². The van der Waals surface area contributed by atoms with Crippen LogP contribution < -0.4 is 5.73 Å². The van der Waals surface area contributed by atoms with Gasteiger partial charge in [0.1, 0.15) is 5.82 Å². The molecule has 0 aromatic heterocycles. The Morgan fingerprint density at radius 2 is 2.27 bits per heavy atom. The topological polar surface area (TPSA) is 26.0 Å². The van der Waals surface area contributed by atoms with Crippen molar-refractivity contribution in [2.45, 2.75) is 6.54 Å². The van der Waals surface area contributed by atoms with Gasteiger partial charge in [0.2, 0.25) is 0 Å². The molecule has 1 aromatic carbocycles. The van der Waals surface area contributed by atoms with Crippen molar-refractivity contribution in [1.29, 1.82) is 0 Å².